The van der Waals surface area contributed by atoms with Crippen molar-refractivity contribution in [2.24, 2.45) is 5.92 Å². The second-order valence-electron chi connectivity index (χ2n) is 7.62. The molecule has 8 heteroatoms. The molecule has 1 aliphatic carbocycles. The maximum Gasteiger partial charge on any atom is 0.416 e. The van der Waals surface area contributed by atoms with E-state index in [1.807, 2.05) is 16.8 Å². The van der Waals surface area contributed by atoms with Gasteiger partial charge in [-0.25, -0.2) is 9.97 Å². The third-order valence-corrected chi connectivity index (χ3v) is 5.74. The van der Waals surface area contributed by atoms with Gasteiger partial charge < -0.3 is 14.7 Å². The standard InChI is InChI=1S/C21H18F3N4O/c1-11-6-14(9-18(11)29)28-5-4-15-19(25-10-26-20(15)28)17-7-12-2-3-13(21(22,23)24)8-16(12)27-17/h2-5,7-8,10-11,14,18,27,29H,1,6,9H2/t11-,14+,18-/m0/s1. The lowest BCUT2D eigenvalue weighted by Crippen LogP contribution is -2.09. The van der Waals surface area contributed by atoms with E-state index in [9.17, 15) is 18.3 Å². The average Bonchev–Trinajstić information content (AvgIpc) is 3.37. The first-order valence-electron chi connectivity index (χ1n) is 9.34. The minimum Gasteiger partial charge on any atom is -0.393 e. The predicted molar refractivity (Wildman–Crippen MR) is 103 cm³/mol. The molecule has 149 valence electrons. The molecule has 2 N–H and O–H groups in total. The Labute approximate surface area is 164 Å². The Balaban J connectivity index is 1.59. The number of alkyl halides is 3. The summed E-state index contributed by atoms with van der Waals surface area (Å²) in [5.41, 5.74) is 1.70. The average molecular weight is 399 g/mol. The second kappa shape index (κ2) is 6.32. The largest absolute Gasteiger partial charge is 0.416 e. The second-order valence-corrected chi connectivity index (χ2v) is 7.62. The molecule has 1 aromatic carbocycles. The maximum atomic E-state index is 13.0. The molecule has 0 saturated heterocycles. The van der Waals surface area contributed by atoms with Crippen LogP contribution in [0.3, 0.4) is 0 Å². The fraction of sp³-hybridized carbons (Fsp3) is 0.286. The highest BCUT2D eigenvalue weighted by Crippen LogP contribution is 2.38. The number of halogens is 3. The number of benzene rings is 1. The molecule has 29 heavy (non-hydrogen) atoms. The SMILES string of the molecule is [CH2][C@H]1C[C@@H](n2ccc3c(-c4cc5ccc(C(F)(F)F)cc5[nH]4)ncnc32)C[C@@H]1O. The van der Waals surface area contributed by atoms with E-state index in [2.05, 4.69) is 21.9 Å². The van der Waals surface area contributed by atoms with Crippen LogP contribution >= 0.6 is 0 Å². The maximum absolute atomic E-state index is 13.0. The van der Waals surface area contributed by atoms with E-state index in [0.717, 1.165) is 29.6 Å². The molecule has 1 fully saturated rings. The summed E-state index contributed by atoms with van der Waals surface area (Å²) in [4.78, 5) is 11.8. The van der Waals surface area contributed by atoms with Crippen molar-refractivity contribution < 1.29 is 18.3 Å². The monoisotopic (exact) mass is 399 g/mol. The molecule has 3 atom stereocenters. The summed E-state index contributed by atoms with van der Waals surface area (Å²) in [6, 6.07) is 7.43. The van der Waals surface area contributed by atoms with Crippen LogP contribution in [0.5, 0.6) is 0 Å². The van der Waals surface area contributed by atoms with E-state index in [-0.39, 0.29) is 12.0 Å². The molecule has 0 unspecified atom stereocenters. The van der Waals surface area contributed by atoms with Crippen LogP contribution in [0.4, 0.5) is 13.2 Å². The lowest BCUT2D eigenvalue weighted by Gasteiger charge is -2.13. The number of aliphatic hydroxyl groups is 1. The number of aromatic amines is 1. The summed E-state index contributed by atoms with van der Waals surface area (Å²) in [7, 11) is 0. The first-order valence-corrected chi connectivity index (χ1v) is 9.34. The van der Waals surface area contributed by atoms with Gasteiger partial charge in [0.05, 0.1) is 23.1 Å². The molecule has 5 rings (SSSR count). The number of rotatable bonds is 2. The van der Waals surface area contributed by atoms with E-state index in [1.54, 1.807) is 6.07 Å². The van der Waals surface area contributed by atoms with Crippen molar-refractivity contribution in [1.29, 1.82) is 0 Å². The van der Waals surface area contributed by atoms with Crippen LogP contribution < -0.4 is 0 Å². The van der Waals surface area contributed by atoms with Gasteiger partial charge in [0, 0.05) is 28.5 Å². The van der Waals surface area contributed by atoms with E-state index in [1.165, 1.54) is 12.4 Å². The number of aromatic nitrogens is 4. The van der Waals surface area contributed by atoms with Crippen molar-refractivity contribution in [3.05, 3.63) is 55.3 Å². The number of fused-ring (bicyclic) bond motifs is 2. The van der Waals surface area contributed by atoms with Crippen LogP contribution in [0, 0.1) is 12.8 Å². The molecule has 0 aliphatic heterocycles. The summed E-state index contributed by atoms with van der Waals surface area (Å²) in [5.74, 6) is -0.0182. The van der Waals surface area contributed by atoms with Gasteiger partial charge in [0.25, 0.3) is 0 Å². The van der Waals surface area contributed by atoms with Crippen LogP contribution in [-0.2, 0) is 6.18 Å². The van der Waals surface area contributed by atoms with E-state index >= 15 is 0 Å². The number of nitrogens with one attached hydrogen (secondary N) is 1. The molecule has 3 aromatic heterocycles. The number of hydrogen-bond donors (Lipinski definition) is 2. The number of hydrogen-bond acceptors (Lipinski definition) is 3. The zero-order valence-corrected chi connectivity index (χ0v) is 15.3. The van der Waals surface area contributed by atoms with Gasteiger partial charge in [-0.1, -0.05) is 6.07 Å². The molecule has 1 radical (unpaired) electrons. The predicted octanol–water partition coefficient (Wildman–Crippen LogP) is 4.74. The van der Waals surface area contributed by atoms with Gasteiger partial charge in [-0.2, -0.15) is 13.2 Å². The highest BCUT2D eigenvalue weighted by molar-refractivity contribution is 5.94. The summed E-state index contributed by atoms with van der Waals surface area (Å²) < 4.78 is 41.0. The highest BCUT2D eigenvalue weighted by atomic mass is 19.4. The van der Waals surface area contributed by atoms with Crippen LogP contribution in [-0.4, -0.2) is 30.7 Å². The smallest absolute Gasteiger partial charge is 0.393 e. The molecular weight excluding hydrogens is 381 g/mol. The Morgan fingerprint density at radius 2 is 1.97 bits per heavy atom. The molecule has 1 saturated carbocycles. The minimum absolute atomic E-state index is 0.0182. The summed E-state index contributed by atoms with van der Waals surface area (Å²) in [5, 5.41) is 11.5. The van der Waals surface area contributed by atoms with Crippen LogP contribution in [0.2, 0.25) is 0 Å². The van der Waals surface area contributed by atoms with E-state index in [0.29, 0.717) is 28.7 Å². The zero-order chi connectivity index (χ0) is 20.3. The lowest BCUT2D eigenvalue weighted by atomic mass is 10.1. The molecule has 0 spiro atoms. The molecule has 5 nitrogen and oxygen atoms in total. The van der Waals surface area contributed by atoms with Gasteiger partial charge in [-0.15, -0.1) is 0 Å². The van der Waals surface area contributed by atoms with Crippen molar-refractivity contribution in [2.75, 3.05) is 0 Å². The summed E-state index contributed by atoms with van der Waals surface area (Å²) >= 11 is 0. The van der Waals surface area contributed by atoms with Gasteiger partial charge in [-0.05, 0) is 49.9 Å². The molecule has 0 bridgehead atoms. The topological polar surface area (TPSA) is 66.7 Å². The fourth-order valence-corrected chi connectivity index (χ4v) is 4.21. The Hall–Kier alpha value is -2.87. The number of nitrogens with zero attached hydrogens (tertiary/aromatic N) is 3. The van der Waals surface area contributed by atoms with Crippen molar-refractivity contribution in [3.8, 4) is 11.4 Å². The molecule has 3 heterocycles. The Morgan fingerprint density at radius 3 is 2.69 bits per heavy atom. The lowest BCUT2D eigenvalue weighted by molar-refractivity contribution is -0.137. The van der Waals surface area contributed by atoms with Gasteiger partial charge in [0.2, 0.25) is 0 Å². The zero-order valence-electron chi connectivity index (χ0n) is 15.3. The quantitative estimate of drug-likeness (QED) is 0.511. The molecule has 0 amide bonds. The first kappa shape index (κ1) is 18.2. The van der Waals surface area contributed by atoms with Crippen LogP contribution in [0.15, 0.2) is 42.9 Å². The Bertz CT molecular complexity index is 1200. The number of aliphatic hydroxyl groups excluding tert-OH is 1. The van der Waals surface area contributed by atoms with Crippen molar-refractivity contribution in [1.82, 2.24) is 19.5 Å². The van der Waals surface area contributed by atoms with Gasteiger partial charge in [0.15, 0.2) is 0 Å². The highest BCUT2D eigenvalue weighted by Gasteiger charge is 2.32. The number of H-pyrrole nitrogens is 1. The van der Waals surface area contributed by atoms with Gasteiger partial charge in [-0.3, -0.25) is 0 Å². The molecule has 1 aliphatic rings. The fourth-order valence-electron chi connectivity index (χ4n) is 4.21. The minimum atomic E-state index is -4.39. The molecular formula is C21H18F3N4O. The normalized spacial score (nSPS) is 22.7. The van der Waals surface area contributed by atoms with Crippen molar-refractivity contribution in [3.63, 3.8) is 0 Å². The van der Waals surface area contributed by atoms with Gasteiger partial charge >= 0.3 is 6.18 Å². The van der Waals surface area contributed by atoms with Crippen LogP contribution in [0.1, 0.15) is 24.4 Å². The summed E-state index contributed by atoms with van der Waals surface area (Å²) in [6.07, 6.45) is -0.0797. The van der Waals surface area contributed by atoms with Crippen molar-refractivity contribution >= 4 is 21.9 Å². The van der Waals surface area contributed by atoms with E-state index < -0.39 is 17.8 Å². The third-order valence-electron chi connectivity index (χ3n) is 5.74. The Morgan fingerprint density at radius 1 is 1.14 bits per heavy atom. The van der Waals surface area contributed by atoms with Crippen molar-refractivity contribution in [2.45, 2.75) is 31.2 Å². The van der Waals surface area contributed by atoms with Crippen LogP contribution in [0.25, 0.3) is 33.3 Å². The summed E-state index contributed by atoms with van der Waals surface area (Å²) in [6.45, 7) is 3.99. The van der Waals surface area contributed by atoms with E-state index in [4.69, 9.17) is 0 Å². The van der Waals surface area contributed by atoms with Gasteiger partial charge in [0.1, 0.15) is 12.0 Å². The third kappa shape index (κ3) is 2.98. The first-order chi connectivity index (χ1) is 13.8. The Kier molecular flexibility index (Phi) is 3.96. The molecule has 4 aromatic rings.